The van der Waals surface area contributed by atoms with E-state index in [0.717, 1.165) is 3.70 Å². The second kappa shape index (κ2) is 5.87. The molecule has 22 heavy (non-hydrogen) atoms. The number of methoxy groups -OCH3 is 1. The van der Waals surface area contributed by atoms with Gasteiger partial charge in [-0.3, -0.25) is 5.10 Å². The van der Waals surface area contributed by atoms with Crippen molar-refractivity contribution in [3.8, 4) is 11.8 Å². The van der Waals surface area contributed by atoms with Crippen molar-refractivity contribution in [1.29, 1.82) is 0 Å². The number of nitrogens with zero attached hydrogens (tertiary/aromatic N) is 5. The summed E-state index contributed by atoms with van der Waals surface area (Å²) in [6.45, 7) is 2.04. The van der Waals surface area contributed by atoms with E-state index in [0.29, 0.717) is 29.1 Å². The molecule has 3 rings (SSSR count). The van der Waals surface area contributed by atoms with Gasteiger partial charge in [0.1, 0.15) is 9.22 Å². The van der Waals surface area contributed by atoms with Gasteiger partial charge in [-0.1, -0.05) is 0 Å². The van der Waals surface area contributed by atoms with Gasteiger partial charge in [0, 0.05) is 6.20 Å². The third-order valence-electron chi connectivity index (χ3n) is 2.81. The number of nitrogens with one attached hydrogen (secondary N) is 1. The molecular formula is C12H11IN6O3. The molecule has 0 radical (unpaired) electrons. The summed E-state index contributed by atoms with van der Waals surface area (Å²) in [7, 11) is 1.50. The molecule has 114 valence electrons. The fourth-order valence-corrected chi connectivity index (χ4v) is 2.33. The van der Waals surface area contributed by atoms with Crippen LogP contribution < -0.4 is 4.74 Å². The molecule has 3 aromatic heterocycles. The quantitative estimate of drug-likeness (QED) is 0.507. The molecule has 0 spiro atoms. The van der Waals surface area contributed by atoms with Gasteiger partial charge in [-0.2, -0.15) is 15.2 Å². The van der Waals surface area contributed by atoms with E-state index < -0.39 is 5.97 Å². The molecular weight excluding hydrogens is 403 g/mol. The Kier molecular flexibility index (Phi) is 3.92. The maximum Gasteiger partial charge on any atom is 0.341 e. The molecule has 10 heteroatoms. The van der Waals surface area contributed by atoms with Crippen molar-refractivity contribution in [2.24, 2.45) is 0 Å². The molecule has 1 N–H and O–H groups in total. The van der Waals surface area contributed by atoms with Crippen molar-refractivity contribution in [3.05, 3.63) is 21.7 Å². The molecule has 0 atom stereocenters. The van der Waals surface area contributed by atoms with Crippen molar-refractivity contribution in [1.82, 2.24) is 29.9 Å². The number of rotatable bonds is 4. The van der Waals surface area contributed by atoms with Crippen LogP contribution in [0.4, 0.5) is 0 Å². The molecule has 0 saturated heterocycles. The topological polar surface area (TPSA) is 108 Å². The smallest absolute Gasteiger partial charge is 0.341 e. The van der Waals surface area contributed by atoms with Crippen molar-refractivity contribution < 1.29 is 14.3 Å². The van der Waals surface area contributed by atoms with Crippen LogP contribution in [-0.4, -0.2) is 49.6 Å². The molecule has 0 saturated carbocycles. The Balaban J connectivity index is 2.06. The summed E-state index contributed by atoms with van der Waals surface area (Å²) < 4.78 is 12.3. The van der Waals surface area contributed by atoms with E-state index in [1.807, 2.05) is 0 Å². The Labute approximate surface area is 138 Å². The molecule has 0 aliphatic heterocycles. The van der Waals surface area contributed by atoms with Crippen LogP contribution in [0, 0.1) is 3.70 Å². The van der Waals surface area contributed by atoms with E-state index in [9.17, 15) is 4.79 Å². The lowest BCUT2D eigenvalue weighted by Gasteiger charge is -2.03. The number of fused-ring (bicyclic) bond motifs is 1. The lowest BCUT2D eigenvalue weighted by Crippen LogP contribution is -2.05. The van der Waals surface area contributed by atoms with Gasteiger partial charge >= 0.3 is 5.97 Å². The third kappa shape index (κ3) is 2.49. The zero-order valence-corrected chi connectivity index (χ0v) is 13.9. The lowest BCUT2D eigenvalue weighted by atomic mass is 10.4. The number of aromatic nitrogens is 6. The van der Waals surface area contributed by atoms with Crippen molar-refractivity contribution in [2.45, 2.75) is 6.92 Å². The maximum absolute atomic E-state index is 11.7. The van der Waals surface area contributed by atoms with Gasteiger partial charge in [0.05, 0.1) is 25.5 Å². The summed E-state index contributed by atoms with van der Waals surface area (Å²) in [6.07, 6.45) is 2.91. The van der Waals surface area contributed by atoms with E-state index in [2.05, 4.69) is 47.9 Å². The van der Waals surface area contributed by atoms with Crippen LogP contribution in [0.2, 0.25) is 0 Å². The zero-order valence-electron chi connectivity index (χ0n) is 11.7. The number of aromatic amines is 1. The largest absolute Gasteiger partial charge is 0.479 e. The SMILES string of the molecule is CCOC(=O)c1cnn(-c2nc(OC)c3n[nH]c(I)c3n2)c1. The van der Waals surface area contributed by atoms with Gasteiger partial charge in [0.2, 0.25) is 5.88 Å². The first kappa shape index (κ1) is 14.7. The summed E-state index contributed by atoms with van der Waals surface area (Å²) in [5.74, 6) is 0.159. The van der Waals surface area contributed by atoms with Gasteiger partial charge in [0.15, 0.2) is 5.52 Å². The first-order valence-corrected chi connectivity index (χ1v) is 7.39. The van der Waals surface area contributed by atoms with Gasteiger partial charge < -0.3 is 9.47 Å². The Hall–Kier alpha value is -2.24. The summed E-state index contributed by atoms with van der Waals surface area (Å²) in [4.78, 5) is 20.3. The normalized spacial score (nSPS) is 10.9. The number of hydrogen-bond donors (Lipinski definition) is 1. The van der Waals surface area contributed by atoms with Crippen molar-refractivity contribution in [2.75, 3.05) is 13.7 Å². The molecule has 0 unspecified atom stereocenters. The Morgan fingerprint density at radius 2 is 2.23 bits per heavy atom. The summed E-state index contributed by atoms with van der Waals surface area (Å²) in [5, 5.41) is 11.0. The van der Waals surface area contributed by atoms with Gasteiger partial charge in [-0.25, -0.2) is 14.5 Å². The molecule has 3 aromatic rings. The first-order valence-electron chi connectivity index (χ1n) is 6.31. The predicted molar refractivity (Wildman–Crippen MR) is 84.0 cm³/mol. The summed E-state index contributed by atoms with van der Waals surface area (Å²) in [6, 6.07) is 0. The van der Waals surface area contributed by atoms with E-state index in [1.165, 1.54) is 24.2 Å². The highest BCUT2D eigenvalue weighted by molar-refractivity contribution is 14.1. The van der Waals surface area contributed by atoms with E-state index in [-0.39, 0.29) is 5.95 Å². The van der Waals surface area contributed by atoms with Gasteiger partial charge in [-0.05, 0) is 29.5 Å². The van der Waals surface area contributed by atoms with E-state index in [1.54, 1.807) is 6.92 Å². The molecule has 9 nitrogen and oxygen atoms in total. The number of carbonyl (C=O) groups is 1. The Morgan fingerprint density at radius 3 is 2.95 bits per heavy atom. The van der Waals surface area contributed by atoms with E-state index in [4.69, 9.17) is 9.47 Å². The molecule has 0 aliphatic carbocycles. The zero-order chi connectivity index (χ0) is 15.7. The fraction of sp³-hybridized carbons (Fsp3) is 0.250. The predicted octanol–water partition coefficient (Wildman–Crippen LogP) is 1.33. The Bertz CT molecular complexity index is 843. The van der Waals surface area contributed by atoms with Crippen LogP contribution >= 0.6 is 22.6 Å². The monoisotopic (exact) mass is 414 g/mol. The van der Waals surface area contributed by atoms with Crippen molar-refractivity contribution >= 4 is 39.6 Å². The molecule has 3 heterocycles. The maximum atomic E-state index is 11.7. The number of carbonyl (C=O) groups excluding carboxylic acids is 1. The first-order chi connectivity index (χ1) is 10.6. The minimum atomic E-state index is -0.445. The van der Waals surface area contributed by atoms with Crippen molar-refractivity contribution in [3.63, 3.8) is 0 Å². The number of ether oxygens (including phenoxy) is 2. The average Bonchev–Trinajstić information content (AvgIpc) is 3.14. The number of esters is 1. The molecule has 0 amide bonds. The number of H-pyrrole nitrogens is 1. The van der Waals surface area contributed by atoms with Crippen LogP contribution in [-0.2, 0) is 4.74 Å². The summed E-state index contributed by atoms with van der Waals surface area (Å²) in [5.41, 5.74) is 1.48. The molecule has 0 aromatic carbocycles. The van der Waals surface area contributed by atoms with Crippen LogP contribution in [0.3, 0.4) is 0 Å². The van der Waals surface area contributed by atoms with Gasteiger partial charge in [-0.15, -0.1) is 0 Å². The minimum Gasteiger partial charge on any atom is -0.479 e. The third-order valence-corrected chi connectivity index (χ3v) is 3.56. The molecule has 0 fully saturated rings. The molecule has 0 aliphatic rings. The number of hydrogen-bond acceptors (Lipinski definition) is 7. The second-order valence-corrected chi connectivity index (χ2v) is 5.24. The lowest BCUT2D eigenvalue weighted by molar-refractivity contribution is 0.0526. The standard InChI is InChI=1S/C12H11IN6O3/c1-3-22-11(20)6-4-14-19(5-6)12-15-7-8(10(16-12)21-2)17-18-9(7)13/h4-5H,3H2,1-2H3,(H,17,18). The number of halogens is 1. The minimum absolute atomic E-state index is 0.277. The average molecular weight is 414 g/mol. The van der Waals surface area contributed by atoms with E-state index >= 15 is 0 Å². The van der Waals surface area contributed by atoms with Crippen LogP contribution in [0.1, 0.15) is 17.3 Å². The fourth-order valence-electron chi connectivity index (χ4n) is 1.83. The highest BCUT2D eigenvalue weighted by Crippen LogP contribution is 2.24. The highest BCUT2D eigenvalue weighted by Gasteiger charge is 2.17. The van der Waals surface area contributed by atoms with Crippen LogP contribution in [0.25, 0.3) is 17.0 Å². The molecule has 0 bridgehead atoms. The second-order valence-electron chi connectivity index (χ2n) is 4.16. The van der Waals surface area contributed by atoms with Gasteiger partial charge in [0.25, 0.3) is 5.95 Å². The highest BCUT2D eigenvalue weighted by atomic mass is 127. The summed E-state index contributed by atoms with van der Waals surface area (Å²) >= 11 is 2.08. The Morgan fingerprint density at radius 1 is 1.41 bits per heavy atom. The van der Waals surface area contributed by atoms with Crippen LogP contribution in [0.5, 0.6) is 5.88 Å². The van der Waals surface area contributed by atoms with Crippen LogP contribution in [0.15, 0.2) is 12.4 Å².